The van der Waals surface area contributed by atoms with Crippen LogP contribution in [0.3, 0.4) is 0 Å². The molecule has 37 heavy (non-hydrogen) atoms. The maximum Gasteiger partial charge on any atom is 0.323 e. The van der Waals surface area contributed by atoms with E-state index in [0.717, 1.165) is 18.8 Å². The molecule has 1 amide bonds. The number of aromatic nitrogens is 2. The van der Waals surface area contributed by atoms with Crippen LogP contribution in [-0.4, -0.2) is 74.1 Å². The lowest BCUT2D eigenvalue weighted by Gasteiger charge is -2.36. The van der Waals surface area contributed by atoms with Crippen molar-refractivity contribution in [3.8, 4) is 0 Å². The van der Waals surface area contributed by atoms with Gasteiger partial charge in [-0.3, -0.25) is 9.59 Å². The van der Waals surface area contributed by atoms with E-state index >= 15 is 0 Å². The Balaban J connectivity index is 1.36. The summed E-state index contributed by atoms with van der Waals surface area (Å²) in [6, 6.07) is 12.6. The molecule has 0 bridgehead atoms. The SMILES string of the molecule is O=C(NC[C@H](NS(=O)(=O)c1ccccc1)C(=O)O)c1ccc(N2CCN(c3ncccn3)CC2)cc1Cl. The monoisotopic (exact) mass is 544 g/mol. The van der Waals surface area contributed by atoms with Crippen LogP contribution in [0.5, 0.6) is 0 Å². The smallest absolute Gasteiger partial charge is 0.323 e. The summed E-state index contributed by atoms with van der Waals surface area (Å²) in [5.74, 6) is -1.37. The number of sulfonamides is 1. The Bertz CT molecular complexity index is 1350. The second kappa shape index (κ2) is 11.5. The molecule has 2 aromatic carbocycles. The fraction of sp³-hybridized carbons (Fsp3) is 0.250. The number of carbonyl (C=O) groups excluding carboxylic acids is 1. The molecule has 1 aliphatic rings. The number of halogens is 1. The minimum absolute atomic E-state index is 0.0802. The zero-order chi connectivity index (χ0) is 26.4. The summed E-state index contributed by atoms with van der Waals surface area (Å²) in [6.07, 6.45) is 3.41. The van der Waals surface area contributed by atoms with E-state index in [1.165, 1.54) is 24.3 Å². The molecular weight excluding hydrogens is 520 g/mol. The van der Waals surface area contributed by atoms with E-state index in [1.54, 1.807) is 42.7 Å². The molecule has 3 aromatic rings. The Morgan fingerprint density at radius 1 is 0.973 bits per heavy atom. The molecule has 1 saturated heterocycles. The fourth-order valence-electron chi connectivity index (χ4n) is 3.83. The van der Waals surface area contributed by atoms with E-state index in [2.05, 4.69) is 29.8 Å². The van der Waals surface area contributed by atoms with E-state index in [0.29, 0.717) is 19.0 Å². The Morgan fingerprint density at radius 3 is 2.24 bits per heavy atom. The molecule has 11 nitrogen and oxygen atoms in total. The molecule has 1 aromatic heterocycles. The van der Waals surface area contributed by atoms with Gasteiger partial charge in [-0.1, -0.05) is 29.8 Å². The first-order valence-electron chi connectivity index (χ1n) is 11.4. The van der Waals surface area contributed by atoms with Crippen molar-refractivity contribution in [1.82, 2.24) is 20.0 Å². The lowest BCUT2D eigenvalue weighted by Crippen LogP contribution is -2.48. The Labute approximate surface area is 219 Å². The molecule has 13 heteroatoms. The predicted octanol–water partition coefficient (Wildman–Crippen LogP) is 1.62. The minimum Gasteiger partial charge on any atom is -0.480 e. The molecule has 0 spiro atoms. The van der Waals surface area contributed by atoms with Gasteiger partial charge < -0.3 is 20.2 Å². The number of anilines is 2. The van der Waals surface area contributed by atoms with Crippen molar-refractivity contribution in [2.45, 2.75) is 10.9 Å². The van der Waals surface area contributed by atoms with Crippen molar-refractivity contribution in [2.75, 3.05) is 42.5 Å². The van der Waals surface area contributed by atoms with Gasteiger partial charge in [-0.2, -0.15) is 4.72 Å². The maximum atomic E-state index is 12.7. The Morgan fingerprint density at radius 2 is 1.62 bits per heavy atom. The highest BCUT2D eigenvalue weighted by molar-refractivity contribution is 7.89. The van der Waals surface area contributed by atoms with E-state index in [1.807, 2.05) is 0 Å². The van der Waals surface area contributed by atoms with E-state index in [4.69, 9.17) is 11.6 Å². The fourth-order valence-corrected chi connectivity index (χ4v) is 5.30. The highest BCUT2D eigenvalue weighted by atomic mass is 35.5. The van der Waals surface area contributed by atoms with Gasteiger partial charge in [0.2, 0.25) is 16.0 Å². The molecule has 0 radical (unpaired) electrons. The number of rotatable bonds is 9. The summed E-state index contributed by atoms with van der Waals surface area (Å²) in [5, 5.41) is 12.1. The number of nitrogens with zero attached hydrogens (tertiary/aromatic N) is 4. The lowest BCUT2D eigenvalue weighted by molar-refractivity contribution is -0.138. The number of aliphatic carboxylic acids is 1. The lowest BCUT2D eigenvalue weighted by atomic mass is 10.1. The summed E-state index contributed by atoms with van der Waals surface area (Å²) in [6.45, 7) is 2.39. The third-order valence-corrected chi connectivity index (χ3v) is 7.59. The number of carbonyl (C=O) groups is 2. The second-order valence-corrected chi connectivity index (χ2v) is 10.3. The molecule has 2 heterocycles. The number of amides is 1. The van der Waals surface area contributed by atoms with Gasteiger partial charge in [-0.25, -0.2) is 18.4 Å². The van der Waals surface area contributed by atoms with Crippen LogP contribution in [0.4, 0.5) is 11.6 Å². The molecule has 1 atom stereocenters. The first-order chi connectivity index (χ1) is 17.7. The number of carboxylic acids is 1. The number of hydrogen-bond acceptors (Lipinski definition) is 8. The van der Waals surface area contributed by atoms with Crippen LogP contribution in [0.15, 0.2) is 71.9 Å². The van der Waals surface area contributed by atoms with Crippen molar-refractivity contribution >= 4 is 45.1 Å². The quantitative estimate of drug-likeness (QED) is 0.366. The number of hydrogen-bond donors (Lipinski definition) is 3. The number of nitrogens with one attached hydrogen (secondary N) is 2. The van der Waals surface area contributed by atoms with Gasteiger partial charge in [-0.15, -0.1) is 0 Å². The zero-order valence-electron chi connectivity index (χ0n) is 19.6. The number of benzene rings is 2. The van der Waals surface area contributed by atoms with Gasteiger partial charge in [0.15, 0.2) is 0 Å². The van der Waals surface area contributed by atoms with E-state index in [9.17, 15) is 23.1 Å². The van der Waals surface area contributed by atoms with Gasteiger partial charge >= 0.3 is 5.97 Å². The Hall–Kier alpha value is -3.74. The molecule has 3 N–H and O–H groups in total. The highest BCUT2D eigenvalue weighted by Crippen LogP contribution is 2.25. The molecular formula is C24H25ClN6O5S. The molecule has 0 unspecified atom stereocenters. The van der Waals surface area contributed by atoms with Crippen LogP contribution < -0.4 is 19.8 Å². The largest absolute Gasteiger partial charge is 0.480 e. The number of carboxylic acid groups (broad SMARTS) is 1. The Kier molecular flexibility index (Phi) is 8.21. The average Bonchev–Trinajstić information content (AvgIpc) is 2.91. The van der Waals surface area contributed by atoms with E-state index in [-0.39, 0.29) is 15.5 Å². The summed E-state index contributed by atoms with van der Waals surface area (Å²) in [4.78, 5) is 37.0. The summed E-state index contributed by atoms with van der Waals surface area (Å²) < 4.78 is 27.1. The minimum atomic E-state index is -4.09. The topological polar surface area (TPSA) is 145 Å². The normalized spacial score (nSPS) is 14.7. The summed E-state index contributed by atoms with van der Waals surface area (Å²) >= 11 is 6.39. The van der Waals surface area contributed by atoms with Gasteiger partial charge in [-0.05, 0) is 36.4 Å². The third kappa shape index (κ3) is 6.53. The maximum absolute atomic E-state index is 12.7. The van der Waals surface area contributed by atoms with Crippen LogP contribution >= 0.6 is 11.6 Å². The van der Waals surface area contributed by atoms with Crippen molar-refractivity contribution < 1.29 is 23.1 Å². The highest BCUT2D eigenvalue weighted by Gasteiger charge is 2.26. The van der Waals surface area contributed by atoms with Crippen molar-refractivity contribution in [2.24, 2.45) is 0 Å². The van der Waals surface area contributed by atoms with Gasteiger partial charge in [0, 0.05) is 50.8 Å². The van der Waals surface area contributed by atoms with Crippen LogP contribution in [0.25, 0.3) is 0 Å². The van der Waals surface area contributed by atoms with Gasteiger partial charge in [0.05, 0.1) is 15.5 Å². The number of piperazine rings is 1. The van der Waals surface area contributed by atoms with Crippen molar-refractivity contribution in [3.63, 3.8) is 0 Å². The molecule has 0 aliphatic carbocycles. The second-order valence-electron chi connectivity index (χ2n) is 8.22. The van der Waals surface area contributed by atoms with Crippen molar-refractivity contribution in [1.29, 1.82) is 0 Å². The standard InChI is InChI=1S/C24H25ClN6O5S/c25-20-15-17(30-11-13-31(14-12-30)24-26-9-4-10-27-24)7-8-19(20)22(32)28-16-21(23(33)34)29-37(35,36)18-5-2-1-3-6-18/h1-10,15,21,29H,11-14,16H2,(H,28,32)(H,33,34)/t21-/m0/s1. The molecule has 0 saturated carbocycles. The van der Waals surface area contributed by atoms with Crippen molar-refractivity contribution in [3.05, 3.63) is 77.6 Å². The predicted molar refractivity (Wildman–Crippen MR) is 138 cm³/mol. The van der Waals surface area contributed by atoms with Crippen LogP contribution in [0.1, 0.15) is 10.4 Å². The van der Waals surface area contributed by atoms with Crippen LogP contribution in [0, 0.1) is 0 Å². The summed E-state index contributed by atoms with van der Waals surface area (Å²) in [5.41, 5.74) is 0.992. The molecule has 194 valence electrons. The molecule has 1 fully saturated rings. The summed E-state index contributed by atoms with van der Waals surface area (Å²) in [7, 11) is -4.09. The molecule has 1 aliphatic heterocycles. The van der Waals surface area contributed by atoms with Gasteiger partial charge in [0.25, 0.3) is 5.91 Å². The first kappa shape index (κ1) is 26.3. The molecule has 4 rings (SSSR count). The van der Waals surface area contributed by atoms with Gasteiger partial charge in [0.1, 0.15) is 6.04 Å². The van der Waals surface area contributed by atoms with E-state index < -0.39 is 34.5 Å². The average molecular weight is 545 g/mol. The van der Waals surface area contributed by atoms with Crippen LogP contribution in [0.2, 0.25) is 5.02 Å². The zero-order valence-corrected chi connectivity index (χ0v) is 21.2. The third-order valence-electron chi connectivity index (χ3n) is 5.79. The van der Waals surface area contributed by atoms with Crippen LogP contribution in [-0.2, 0) is 14.8 Å². The first-order valence-corrected chi connectivity index (χ1v) is 13.3.